The summed E-state index contributed by atoms with van der Waals surface area (Å²) >= 11 is 0. The number of nitrogens with two attached hydrogens (primary N) is 2. The molecule has 4 N–H and O–H groups in total. The van der Waals surface area contributed by atoms with E-state index in [0.29, 0.717) is 11.3 Å². The van der Waals surface area contributed by atoms with Gasteiger partial charge in [-0.1, -0.05) is 24.3 Å². The first kappa shape index (κ1) is 8.97. The van der Waals surface area contributed by atoms with E-state index in [4.69, 9.17) is 11.5 Å². The summed E-state index contributed by atoms with van der Waals surface area (Å²) in [6, 6.07) is 7.84. The third-order valence-electron chi connectivity index (χ3n) is 2.94. The Morgan fingerprint density at radius 1 is 0.938 bits per heavy atom. The monoisotopic (exact) mass is 210 g/mol. The van der Waals surface area contributed by atoms with Gasteiger partial charge in [-0.05, 0) is 28.9 Å². The molecule has 0 radical (unpaired) electrons. The molecule has 2 aliphatic rings. The van der Waals surface area contributed by atoms with Crippen molar-refractivity contribution in [1.82, 2.24) is 0 Å². The van der Waals surface area contributed by atoms with Crippen LogP contribution in [0.2, 0.25) is 0 Å². The van der Waals surface area contributed by atoms with Crippen molar-refractivity contribution in [3.05, 3.63) is 58.4 Å². The number of hydrogen-bond acceptors (Lipinski definition) is 3. The lowest BCUT2D eigenvalue weighted by molar-refractivity contribution is -0.111. The molecule has 0 unspecified atom stereocenters. The van der Waals surface area contributed by atoms with E-state index in [1.807, 2.05) is 30.3 Å². The van der Waals surface area contributed by atoms with Crippen molar-refractivity contribution in [2.75, 3.05) is 0 Å². The minimum absolute atomic E-state index is 0.141. The van der Waals surface area contributed by atoms with E-state index < -0.39 is 0 Å². The summed E-state index contributed by atoms with van der Waals surface area (Å²) in [7, 11) is 0. The van der Waals surface area contributed by atoms with Crippen LogP contribution in [0, 0.1) is 0 Å². The number of carbonyl (C=O) groups is 1. The summed E-state index contributed by atoms with van der Waals surface area (Å²) in [4.78, 5) is 11.9. The van der Waals surface area contributed by atoms with Gasteiger partial charge in [0.05, 0.1) is 5.70 Å². The molecule has 0 amide bonds. The lowest BCUT2D eigenvalue weighted by Crippen LogP contribution is -2.22. The first-order valence-electron chi connectivity index (χ1n) is 5.01. The average Bonchev–Trinajstić information content (AvgIpc) is 2.65. The summed E-state index contributed by atoms with van der Waals surface area (Å²) in [6.45, 7) is 0. The fourth-order valence-electron chi connectivity index (χ4n) is 2.10. The van der Waals surface area contributed by atoms with Crippen LogP contribution in [0.25, 0.3) is 11.6 Å². The molecular weight excluding hydrogens is 200 g/mol. The van der Waals surface area contributed by atoms with Gasteiger partial charge in [-0.25, -0.2) is 0 Å². The van der Waals surface area contributed by atoms with Crippen LogP contribution in [0.1, 0.15) is 11.1 Å². The Morgan fingerprint density at radius 3 is 2.50 bits per heavy atom. The van der Waals surface area contributed by atoms with Crippen LogP contribution >= 0.6 is 0 Å². The molecular formula is C13H10N2O. The quantitative estimate of drug-likeness (QED) is 0.675. The molecule has 0 aliphatic heterocycles. The molecule has 0 spiro atoms. The van der Waals surface area contributed by atoms with Crippen molar-refractivity contribution >= 4 is 17.4 Å². The van der Waals surface area contributed by atoms with Crippen LogP contribution in [-0.2, 0) is 4.79 Å². The van der Waals surface area contributed by atoms with Crippen LogP contribution < -0.4 is 11.5 Å². The van der Waals surface area contributed by atoms with Gasteiger partial charge in [0.2, 0.25) is 5.78 Å². The van der Waals surface area contributed by atoms with Crippen LogP contribution in [-0.4, -0.2) is 5.78 Å². The van der Waals surface area contributed by atoms with Gasteiger partial charge < -0.3 is 11.5 Å². The first-order chi connectivity index (χ1) is 7.68. The molecule has 0 bridgehead atoms. The second kappa shape index (κ2) is 2.85. The standard InChI is InChI=1S/C13H10N2O/c14-11-6-9-8-4-2-1-3-7(8)5-10(9)13(16)12(11)15/h1-6H,14-15H2. The minimum atomic E-state index is -0.175. The second-order valence-electron chi connectivity index (χ2n) is 3.90. The molecule has 1 aromatic carbocycles. The summed E-state index contributed by atoms with van der Waals surface area (Å²) in [5.74, 6) is -0.175. The van der Waals surface area contributed by atoms with Crippen LogP contribution in [0.3, 0.4) is 0 Å². The summed E-state index contributed by atoms with van der Waals surface area (Å²) in [5.41, 5.74) is 15.5. The van der Waals surface area contributed by atoms with Gasteiger partial charge in [0.25, 0.3) is 0 Å². The number of Topliss-reactive ketones (excluding diaryl/α,β-unsaturated/α-hetero) is 1. The summed E-state index contributed by atoms with van der Waals surface area (Å²) in [5, 5.41) is 0. The normalized spacial score (nSPS) is 17.9. The predicted octanol–water partition coefficient (Wildman–Crippen LogP) is 1.18. The Labute approximate surface area is 92.7 Å². The van der Waals surface area contributed by atoms with E-state index in [2.05, 4.69) is 0 Å². The van der Waals surface area contributed by atoms with Crippen molar-refractivity contribution in [1.29, 1.82) is 0 Å². The Bertz CT molecular complexity index is 606. The van der Waals surface area contributed by atoms with E-state index in [0.717, 1.165) is 16.7 Å². The SMILES string of the molecule is NC1=C(N)C(=O)C2=Cc3ccccc3C2=C1. The highest BCUT2D eigenvalue weighted by Gasteiger charge is 2.29. The summed E-state index contributed by atoms with van der Waals surface area (Å²) < 4.78 is 0. The third kappa shape index (κ3) is 0.997. The largest absolute Gasteiger partial charge is 0.397 e. The fourth-order valence-corrected chi connectivity index (χ4v) is 2.10. The highest BCUT2D eigenvalue weighted by molar-refractivity contribution is 6.25. The second-order valence-corrected chi connectivity index (χ2v) is 3.90. The Kier molecular flexibility index (Phi) is 1.60. The van der Waals surface area contributed by atoms with Crippen LogP contribution in [0.5, 0.6) is 0 Å². The maximum absolute atomic E-state index is 11.9. The zero-order valence-corrected chi connectivity index (χ0v) is 8.53. The highest BCUT2D eigenvalue weighted by atomic mass is 16.1. The highest BCUT2D eigenvalue weighted by Crippen LogP contribution is 2.39. The number of rotatable bonds is 0. The number of ketones is 1. The van der Waals surface area contributed by atoms with Crippen molar-refractivity contribution < 1.29 is 4.79 Å². The molecule has 16 heavy (non-hydrogen) atoms. The van der Waals surface area contributed by atoms with Gasteiger partial charge in [-0.3, -0.25) is 4.79 Å². The van der Waals surface area contributed by atoms with Crippen molar-refractivity contribution in [2.45, 2.75) is 0 Å². The molecule has 0 saturated carbocycles. The number of carbonyl (C=O) groups excluding carboxylic acids is 1. The first-order valence-corrected chi connectivity index (χ1v) is 5.01. The van der Waals surface area contributed by atoms with Crippen molar-refractivity contribution in [2.24, 2.45) is 11.5 Å². The van der Waals surface area contributed by atoms with Gasteiger partial charge in [-0.2, -0.15) is 0 Å². The maximum Gasteiger partial charge on any atom is 0.211 e. The van der Waals surface area contributed by atoms with E-state index in [1.165, 1.54) is 0 Å². The lowest BCUT2D eigenvalue weighted by Gasteiger charge is -2.13. The predicted molar refractivity (Wildman–Crippen MR) is 62.8 cm³/mol. The van der Waals surface area contributed by atoms with E-state index >= 15 is 0 Å². The Hall–Kier alpha value is -2.29. The number of hydrogen-bond donors (Lipinski definition) is 2. The number of benzene rings is 1. The molecule has 3 rings (SSSR count). The van der Waals surface area contributed by atoms with Gasteiger partial charge in [0, 0.05) is 5.57 Å². The zero-order chi connectivity index (χ0) is 11.3. The number of fused-ring (bicyclic) bond motifs is 3. The molecule has 0 fully saturated rings. The molecule has 3 nitrogen and oxygen atoms in total. The molecule has 0 heterocycles. The molecule has 78 valence electrons. The third-order valence-corrected chi connectivity index (χ3v) is 2.94. The maximum atomic E-state index is 11.9. The van der Waals surface area contributed by atoms with Gasteiger partial charge >= 0.3 is 0 Å². The molecule has 0 aromatic heterocycles. The Morgan fingerprint density at radius 2 is 1.69 bits per heavy atom. The molecule has 1 aromatic rings. The number of allylic oxidation sites excluding steroid dienone is 3. The zero-order valence-electron chi connectivity index (χ0n) is 8.53. The van der Waals surface area contributed by atoms with Gasteiger partial charge in [-0.15, -0.1) is 0 Å². The Balaban J connectivity index is 2.28. The summed E-state index contributed by atoms with van der Waals surface area (Å²) in [6.07, 6.45) is 3.64. The van der Waals surface area contributed by atoms with Gasteiger partial charge in [0.1, 0.15) is 5.70 Å². The van der Waals surface area contributed by atoms with Crippen LogP contribution in [0.4, 0.5) is 0 Å². The molecule has 0 saturated heterocycles. The topological polar surface area (TPSA) is 69.1 Å². The van der Waals surface area contributed by atoms with Crippen molar-refractivity contribution in [3.8, 4) is 0 Å². The smallest absolute Gasteiger partial charge is 0.211 e. The van der Waals surface area contributed by atoms with Crippen LogP contribution in [0.15, 0.2) is 47.3 Å². The van der Waals surface area contributed by atoms with E-state index in [-0.39, 0.29) is 11.5 Å². The molecule has 2 aliphatic carbocycles. The molecule has 3 heteroatoms. The molecule has 0 atom stereocenters. The van der Waals surface area contributed by atoms with Gasteiger partial charge in [0.15, 0.2) is 0 Å². The van der Waals surface area contributed by atoms with E-state index in [9.17, 15) is 4.79 Å². The minimum Gasteiger partial charge on any atom is -0.397 e. The van der Waals surface area contributed by atoms with Crippen molar-refractivity contribution in [3.63, 3.8) is 0 Å². The lowest BCUT2D eigenvalue weighted by atomic mass is 9.93. The van der Waals surface area contributed by atoms with E-state index in [1.54, 1.807) is 6.08 Å². The average molecular weight is 210 g/mol. The fraction of sp³-hybridized carbons (Fsp3) is 0.